The second kappa shape index (κ2) is 6.34. The largest absolute Gasteiger partial charge is 0.433 e. The third kappa shape index (κ3) is 3.30. The molecule has 3 aromatic heterocycles. The number of fused-ring (bicyclic) bond motifs is 1. The average Bonchev–Trinajstić information content (AvgIpc) is 3.31. The summed E-state index contributed by atoms with van der Waals surface area (Å²) in [4.78, 5) is 7.23. The highest BCUT2D eigenvalue weighted by Crippen LogP contribution is 2.30. The van der Waals surface area contributed by atoms with Crippen LogP contribution in [0.4, 0.5) is 19.0 Å². The van der Waals surface area contributed by atoms with Crippen molar-refractivity contribution in [1.82, 2.24) is 34.6 Å². The Hall–Kier alpha value is -3.50. The first-order valence-electron chi connectivity index (χ1n) is 7.94. The standard InChI is InChI=1S/C16H13F3N8/c1-10(12-8-26(25-24-12)11-5-3-2-4-6-11)22-14-7-13(16(17,18)19)23-15-20-9-21-27(14)15/h2-10,22H,1H3. The van der Waals surface area contributed by atoms with E-state index in [1.165, 1.54) is 4.52 Å². The highest BCUT2D eigenvalue weighted by molar-refractivity contribution is 5.46. The van der Waals surface area contributed by atoms with Crippen LogP contribution in [0.2, 0.25) is 0 Å². The van der Waals surface area contributed by atoms with Gasteiger partial charge in [0.25, 0.3) is 5.78 Å². The van der Waals surface area contributed by atoms with Crippen molar-refractivity contribution in [3.63, 3.8) is 0 Å². The van der Waals surface area contributed by atoms with E-state index in [0.29, 0.717) is 5.69 Å². The van der Waals surface area contributed by atoms with E-state index < -0.39 is 17.9 Å². The topological polar surface area (TPSA) is 85.8 Å². The molecule has 1 unspecified atom stereocenters. The highest BCUT2D eigenvalue weighted by Gasteiger charge is 2.34. The zero-order valence-corrected chi connectivity index (χ0v) is 14.0. The number of halogens is 3. The summed E-state index contributed by atoms with van der Waals surface area (Å²) in [6.45, 7) is 1.76. The summed E-state index contributed by atoms with van der Waals surface area (Å²) in [5, 5.41) is 15.0. The number of para-hydroxylation sites is 1. The van der Waals surface area contributed by atoms with Gasteiger partial charge in [0.15, 0.2) is 5.69 Å². The SMILES string of the molecule is CC(Nc1cc(C(F)(F)F)nc2ncnn12)c1cn(-c2ccccc2)nn1. The molecule has 1 aromatic carbocycles. The lowest BCUT2D eigenvalue weighted by molar-refractivity contribution is -0.141. The maximum atomic E-state index is 13.1. The maximum Gasteiger partial charge on any atom is 0.433 e. The van der Waals surface area contributed by atoms with Gasteiger partial charge in [-0.1, -0.05) is 23.4 Å². The zero-order valence-electron chi connectivity index (χ0n) is 14.0. The van der Waals surface area contributed by atoms with Gasteiger partial charge in [0.2, 0.25) is 0 Å². The lowest BCUT2D eigenvalue weighted by Crippen LogP contribution is -2.15. The van der Waals surface area contributed by atoms with Crippen molar-refractivity contribution in [3.05, 3.63) is 60.3 Å². The Morgan fingerprint density at radius 1 is 1.15 bits per heavy atom. The van der Waals surface area contributed by atoms with Crippen molar-refractivity contribution < 1.29 is 13.2 Å². The molecule has 0 aliphatic heterocycles. The molecule has 0 radical (unpaired) electrons. The molecule has 1 N–H and O–H groups in total. The quantitative estimate of drug-likeness (QED) is 0.591. The lowest BCUT2D eigenvalue weighted by Gasteiger charge is -2.15. The van der Waals surface area contributed by atoms with E-state index in [4.69, 9.17) is 0 Å². The fraction of sp³-hybridized carbons (Fsp3) is 0.188. The lowest BCUT2D eigenvalue weighted by atomic mass is 10.2. The van der Waals surface area contributed by atoms with Gasteiger partial charge in [-0.2, -0.15) is 27.8 Å². The number of alkyl halides is 3. The van der Waals surface area contributed by atoms with Crippen molar-refractivity contribution in [3.8, 4) is 5.69 Å². The fourth-order valence-electron chi connectivity index (χ4n) is 2.54. The van der Waals surface area contributed by atoms with Crippen LogP contribution in [0.15, 0.2) is 48.9 Å². The normalized spacial score (nSPS) is 13.0. The van der Waals surface area contributed by atoms with Gasteiger partial charge >= 0.3 is 6.18 Å². The summed E-state index contributed by atoms with van der Waals surface area (Å²) >= 11 is 0. The van der Waals surface area contributed by atoms with Gasteiger partial charge in [0.1, 0.15) is 17.8 Å². The minimum absolute atomic E-state index is 0.103. The van der Waals surface area contributed by atoms with Crippen LogP contribution in [0, 0.1) is 0 Å². The molecule has 0 fully saturated rings. The van der Waals surface area contributed by atoms with Crippen LogP contribution in [0.25, 0.3) is 11.5 Å². The van der Waals surface area contributed by atoms with Crippen LogP contribution in [-0.2, 0) is 6.18 Å². The first-order chi connectivity index (χ1) is 12.9. The molecular formula is C16H13F3N8. The van der Waals surface area contributed by atoms with Crippen LogP contribution in [0.3, 0.4) is 0 Å². The molecule has 0 amide bonds. The number of anilines is 1. The number of benzene rings is 1. The molecular weight excluding hydrogens is 361 g/mol. The number of aromatic nitrogens is 7. The van der Waals surface area contributed by atoms with Crippen molar-refractivity contribution in [2.75, 3.05) is 5.32 Å². The molecule has 0 bridgehead atoms. The summed E-state index contributed by atoms with van der Waals surface area (Å²) < 4.78 is 42.0. The zero-order chi connectivity index (χ0) is 19.0. The van der Waals surface area contributed by atoms with Crippen LogP contribution in [-0.4, -0.2) is 34.6 Å². The molecule has 3 heterocycles. The molecule has 4 rings (SSSR count). The number of hydrogen-bond acceptors (Lipinski definition) is 6. The predicted molar refractivity (Wildman–Crippen MR) is 89.2 cm³/mol. The van der Waals surface area contributed by atoms with Crippen molar-refractivity contribution in [1.29, 1.82) is 0 Å². The molecule has 11 heteroatoms. The molecule has 4 aromatic rings. The number of hydrogen-bond donors (Lipinski definition) is 1. The molecule has 27 heavy (non-hydrogen) atoms. The molecule has 8 nitrogen and oxygen atoms in total. The molecule has 0 saturated carbocycles. The fourth-order valence-corrected chi connectivity index (χ4v) is 2.54. The van der Waals surface area contributed by atoms with Gasteiger partial charge < -0.3 is 5.32 Å². The Labute approximate surface area is 150 Å². The van der Waals surface area contributed by atoms with Crippen molar-refractivity contribution in [2.24, 2.45) is 0 Å². The molecule has 0 saturated heterocycles. The predicted octanol–water partition coefficient (Wildman–Crippen LogP) is 2.90. The van der Waals surface area contributed by atoms with Crippen LogP contribution in [0.1, 0.15) is 24.4 Å². The van der Waals surface area contributed by atoms with Crippen LogP contribution < -0.4 is 5.32 Å². The van der Waals surface area contributed by atoms with E-state index in [-0.39, 0.29) is 11.6 Å². The molecule has 1 atom stereocenters. The molecule has 0 aliphatic carbocycles. The summed E-state index contributed by atoms with van der Waals surface area (Å²) in [6.07, 6.45) is -1.74. The summed E-state index contributed by atoms with van der Waals surface area (Å²) in [5.74, 6) is -0.0425. The minimum Gasteiger partial charge on any atom is -0.362 e. The average molecular weight is 374 g/mol. The summed E-state index contributed by atoms with van der Waals surface area (Å²) in [5.41, 5.74) is 0.327. The van der Waals surface area contributed by atoms with E-state index in [0.717, 1.165) is 18.1 Å². The molecule has 138 valence electrons. The summed E-state index contributed by atoms with van der Waals surface area (Å²) in [7, 11) is 0. The smallest absolute Gasteiger partial charge is 0.362 e. The van der Waals surface area contributed by atoms with Crippen molar-refractivity contribution in [2.45, 2.75) is 19.1 Å². The van der Waals surface area contributed by atoms with E-state index in [1.807, 2.05) is 30.3 Å². The number of nitrogens with one attached hydrogen (secondary N) is 1. The second-order valence-electron chi connectivity index (χ2n) is 5.79. The van der Waals surface area contributed by atoms with Gasteiger partial charge in [0.05, 0.1) is 17.9 Å². The molecule has 0 aliphatic rings. The van der Waals surface area contributed by atoms with E-state index >= 15 is 0 Å². The van der Waals surface area contributed by atoms with Crippen molar-refractivity contribution >= 4 is 11.6 Å². The molecule has 0 spiro atoms. The van der Waals surface area contributed by atoms with E-state index in [9.17, 15) is 13.2 Å². The third-order valence-electron chi connectivity index (χ3n) is 3.88. The van der Waals surface area contributed by atoms with Gasteiger partial charge in [-0.3, -0.25) is 0 Å². The van der Waals surface area contributed by atoms with Crippen LogP contribution >= 0.6 is 0 Å². The van der Waals surface area contributed by atoms with Gasteiger partial charge in [-0.25, -0.2) is 9.67 Å². The Bertz CT molecular complexity index is 1070. The third-order valence-corrected chi connectivity index (χ3v) is 3.88. The summed E-state index contributed by atoms with van der Waals surface area (Å²) in [6, 6.07) is 9.82. The first-order valence-corrected chi connectivity index (χ1v) is 7.94. The van der Waals surface area contributed by atoms with Gasteiger partial charge in [0, 0.05) is 6.07 Å². The van der Waals surface area contributed by atoms with Crippen LogP contribution in [0.5, 0.6) is 0 Å². The number of nitrogens with zero attached hydrogens (tertiary/aromatic N) is 7. The van der Waals surface area contributed by atoms with E-state index in [2.05, 4.69) is 30.7 Å². The number of rotatable bonds is 4. The monoisotopic (exact) mass is 374 g/mol. The first kappa shape index (κ1) is 16.9. The van der Waals surface area contributed by atoms with Gasteiger partial charge in [-0.05, 0) is 19.1 Å². The Balaban J connectivity index is 1.64. The second-order valence-corrected chi connectivity index (χ2v) is 5.79. The Morgan fingerprint density at radius 3 is 2.67 bits per heavy atom. The maximum absolute atomic E-state index is 13.1. The van der Waals surface area contributed by atoms with Gasteiger partial charge in [-0.15, -0.1) is 5.10 Å². The Morgan fingerprint density at radius 2 is 1.93 bits per heavy atom. The highest BCUT2D eigenvalue weighted by atomic mass is 19.4. The Kier molecular flexibility index (Phi) is 3.98. The minimum atomic E-state index is -4.59. The van der Waals surface area contributed by atoms with E-state index in [1.54, 1.807) is 17.8 Å².